The van der Waals surface area contributed by atoms with Gasteiger partial charge in [-0.1, -0.05) is 218 Å². The van der Waals surface area contributed by atoms with Crippen LogP contribution in [0.4, 0.5) is 17.1 Å². The van der Waals surface area contributed by atoms with Gasteiger partial charge >= 0.3 is 0 Å². The zero-order chi connectivity index (χ0) is 49.2. The summed E-state index contributed by atoms with van der Waals surface area (Å²) in [7, 11) is 0. The van der Waals surface area contributed by atoms with Crippen molar-refractivity contribution in [3.05, 3.63) is 317 Å². The smallest absolute Gasteiger partial charge is 0.132 e. The van der Waals surface area contributed by atoms with E-state index in [9.17, 15) is 0 Å². The van der Waals surface area contributed by atoms with Gasteiger partial charge in [0.15, 0.2) is 0 Å². The van der Waals surface area contributed by atoms with Crippen LogP contribution in [0.25, 0.3) is 55.3 Å². The van der Waals surface area contributed by atoms with Gasteiger partial charge in [0.2, 0.25) is 0 Å². The molecule has 12 aromatic rings. The molecule has 0 aromatic heterocycles. The van der Waals surface area contributed by atoms with E-state index in [1.807, 2.05) is 11.8 Å². The van der Waals surface area contributed by atoms with Crippen molar-refractivity contribution in [2.45, 2.75) is 20.6 Å². The van der Waals surface area contributed by atoms with E-state index in [-0.39, 0.29) is 0 Å². The van der Waals surface area contributed by atoms with E-state index < -0.39 is 10.8 Å². The van der Waals surface area contributed by atoms with Crippen molar-refractivity contribution in [2.24, 2.45) is 0 Å². The van der Waals surface area contributed by atoms with Crippen molar-refractivity contribution >= 4 is 39.6 Å². The highest BCUT2D eigenvalue weighted by Gasteiger charge is 2.53. The molecule has 2 heterocycles. The fourth-order valence-electron chi connectivity index (χ4n) is 13.5. The number of ether oxygens (including phenoxy) is 1. The molecule has 0 saturated carbocycles. The number of benzene rings is 12. The summed E-state index contributed by atoms with van der Waals surface area (Å²) in [5.41, 5.74) is 21.9. The molecule has 4 aliphatic rings. The molecule has 0 bridgehead atoms. The third kappa shape index (κ3) is 5.93. The molecule has 2 aliphatic carbocycles. The van der Waals surface area contributed by atoms with Crippen LogP contribution >= 0.6 is 11.8 Å². The lowest BCUT2D eigenvalue weighted by Gasteiger charge is -2.40. The molecule has 75 heavy (non-hydrogen) atoms. The maximum atomic E-state index is 6.77. The number of hydrogen-bond acceptors (Lipinski definition) is 3. The van der Waals surface area contributed by atoms with Gasteiger partial charge < -0.3 is 9.64 Å². The minimum absolute atomic E-state index is 0.574. The van der Waals surface area contributed by atoms with Crippen LogP contribution < -0.4 is 9.64 Å². The van der Waals surface area contributed by atoms with Gasteiger partial charge in [-0.25, -0.2) is 0 Å². The Labute approximate surface area is 440 Å². The van der Waals surface area contributed by atoms with Crippen molar-refractivity contribution in [1.29, 1.82) is 0 Å². The zero-order valence-corrected chi connectivity index (χ0v) is 41.6. The number of nitrogens with zero attached hydrogens (tertiary/aromatic N) is 1. The van der Waals surface area contributed by atoms with Gasteiger partial charge in [-0.15, -0.1) is 0 Å². The summed E-state index contributed by atoms with van der Waals surface area (Å²) in [6.07, 6.45) is 0. The molecule has 0 fully saturated rings. The standard InChI is InChI=1S/C72H45NOS/c1-2-17-46(18-3-1)47-33-35-48(36-34-47)49-37-39-52(40-38-49)73(65-28-16-27-62-70(65)55-21-6-7-22-57(55)71(62)58-23-8-12-29-66(58)74-67-30-13-9-24-59(67)71)53-41-42-54-56-43-50-19-4-5-20-51(50)44-63(56)72(64(54)45-53)60-25-10-14-31-68(60)75-69-32-15-11-26-61(69)72/h1-45H. The van der Waals surface area contributed by atoms with Crippen LogP contribution in [0.3, 0.4) is 0 Å². The van der Waals surface area contributed by atoms with Gasteiger partial charge in [-0.3, -0.25) is 0 Å². The summed E-state index contributed by atoms with van der Waals surface area (Å²) in [6.45, 7) is 0. The van der Waals surface area contributed by atoms with E-state index in [1.165, 1.54) is 98.5 Å². The molecule has 16 rings (SSSR count). The first-order valence-electron chi connectivity index (χ1n) is 25.9. The third-order valence-electron chi connectivity index (χ3n) is 16.6. The lowest BCUT2D eigenvalue weighted by Crippen LogP contribution is -2.32. The van der Waals surface area contributed by atoms with Crippen LogP contribution in [-0.4, -0.2) is 0 Å². The molecular formula is C72H45NOS. The first-order chi connectivity index (χ1) is 37.2. The monoisotopic (exact) mass is 971 g/mol. The first kappa shape index (κ1) is 42.4. The molecule has 0 amide bonds. The molecular weight excluding hydrogens is 927 g/mol. The predicted molar refractivity (Wildman–Crippen MR) is 308 cm³/mol. The lowest BCUT2D eigenvalue weighted by atomic mass is 9.66. The van der Waals surface area contributed by atoms with Crippen molar-refractivity contribution in [1.82, 2.24) is 0 Å². The van der Waals surface area contributed by atoms with Gasteiger partial charge in [0.05, 0.1) is 16.5 Å². The molecule has 3 heteroatoms. The van der Waals surface area contributed by atoms with E-state index in [2.05, 4.69) is 278 Å². The average Bonchev–Trinajstić information content (AvgIpc) is 3.93. The van der Waals surface area contributed by atoms with Crippen LogP contribution in [0.1, 0.15) is 44.5 Å². The fraction of sp³-hybridized carbons (Fsp3) is 0.0278. The molecule has 0 atom stereocenters. The second-order valence-electron chi connectivity index (χ2n) is 20.2. The molecule has 0 radical (unpaired) electrons. The summed E-state index contributed by atoms with van der Waals surface area (Å²) in [5.74, 6) is 1.77. The Hall–Kier alpha value is -9.15. The number of rotatable bonds is 5. The minimum atomic E-state index is -0.617. The highest BCUT2D eigenvalue weighted by molar-refractivity contribution is 7.99. The van der Waals surface area contributed by atoms with Crippen LogP contribution in [0.15, 0.2) is 283 Å². The van der Waals surface area contributed by atoms with Gasteiger partial charge in [0.1, 0.15) is 11.5 Å². The lowest BCUT2D eigenvalue weighted by molar-refractivity contribution is 0.436. The molecule has 2 aliphatic heterocycles. The Kier molecular flexibility index (Phi) is 9.14. The Balaban J connectivity index is 0.961. The third-order valence-corrected chi connectivity index (χ3v) is 17.7. The van der Waals surface area contributed by atoms with Crippen molar-refractivity contribution < 1.29 is 4.74 Å². The summed E-state index contributed by atoms with van der Waals surface area (Å²) < 4.78 is 6.77. The maximum Gasteiger partial charge on any atom is 0.132 e. The van der Waals surface area contributed by atoms with Crippen LogP contribution in [0.2, 0.25) is 0 Å². The van der Waals surface area contributed by atoms with E-state index in [0.29, 0.717) is 0 Å². The molecule has 0 unspecified atom stereocenters. The van der Waals surface area contributed by atoms with Gasteiger partial charge in [0, 0.05) is 37.9 Å². The van der Waals surface area contributed by atoms with Gasteiger partial charge in [-0.2, -0.15) is 0 Å². The van der Waals surface area contributed by atoms with E-state index >= 15 is 0 Å². The van der Waals surface area contributed by atoms with Crippen LogP contribution in [0, 0.1) is 0 Å². The normalized spacial score (nSPS) is 14.1. The van der Waals surface area contributed by atoms with Crippen LogP contribution in [0.5, 0.6) is 11.5 Å². The van der Waals surface area contributed by atoms with Gasteiger partial charge in [-0.05, 0) is 150 Å². The van der Waals surface area contributed by atoms with Crippen LogP contribution in [-0.2, 0) is 10.8 Å². The molecule has 2 spiro atoms. The van der Waals surface area contributed by atoms with Crippen molar-refractivity contribution in [3.8, 4) is 56.0 Å². The summed E-state index contributed by atoms with van der Waals surface area (Å²) in [6, 6.07) is 102. The topological polar surface area (TPSA) is 12.5 Å². The molecule has 12 aromatic carbocycles. The number of fused-ring (bicyclic) bond motifs is 19. The maximum absolute atomic E-state index is 6.77. The molecule has 0 saturated heterocycles. The summed E-state index contributed by atoms with van der Waals surface area (Å²) in [5, 5.41) is 2.49. The molecule has 350 valence electrons. The van der Waals surface area contributed by atoms with Crippen molar-refractivity contribution in [2.75, 3.05) is 4.90 Å². The highest BCUT2D eigenvalue weighted by atomic mass is 32.2. The largest absolute Gasteiger partial charge is 0.457 e. The number of para-hydroxylation sites is 2. The van der Waals surface area contributed by atoms with Crippen molar-refractivity contribution in [3.63, 3.8) is 0 Å². The fourth-order valence-corrected chi connectivity index (χ4v) is 14.7. The van der Waals surface area contributed by atoms with Gasteiger partial charge in [0.25, 0.3) is 0 Å². The molecule has 2 nitrogen and oxygen atoms in total. The highest BCUT2D eigenvalue weighted by Crippen LogP contribution is 2.66. The average molecular weight is 972 g/mol. The predicted octanol–water partition coefficient (Wildman–Crippen LogP) is 18.9. The molecule has 0 N–H and O–H groups in total. The zero-order valence-electron chi connectivity index (χ0n) is 40.7. The Morgan fingerprint density at radius 2 is 0.773 bits per heavy atom. The second-order valence-corrected chi connectivity index (χ2v) is 21.3. The summed E-state index contributed by atoms with van der Waals surface area (Å²) >= 11 is 1.89. The quantitative estimate of drug-likeness (QED) is 0.171. The SMILES string of the molecule is c1ccc(-c2ccc(-c3ccc(N(c4ccc5c(c4)C4(c6ccccc6Sc6ccccc64)c4cc6ccccc6cc4-5)c4cccc5c4-c4ccccc4C54c5ccccc5Oc5ccccc54)cc3)cc2)cc1. The number of anilines is 3. The summed E-state index contributed by atoms with van der Waals surface area (Å²) in [4.78, 5) is 5.12. The van der Waals surface area contributed by atoms with E-state index in [4.69, 9.17) is 4.74 Å². The number of hydrogen-bond donors (Lipinski definition) is 0. The second kappa shape index (κ2) is 16.2. The Bertz CT molecular complexity index is 4220. The Morgan fingerprint density at radius 3 is 1.44 bits per heavy atom. The first-order valence-corrected chi connectivity index (χ1v) is 26.7. The van der Waals surface area contributed by atoms with E-state index in [0.717, 1.165) is 39.7 Å². The minimum Gasteiger partial charge on any atom is -0.457 e. The van der Waals surface area contributed by atoms with E-state index in [1.54, 1.807) is 0 Å². The Morgan fingerprint density at radius 1 is 0.293 bits per heavy atom.